The van der Waals surface area contributed by atoms with Crippen molar-refractivity contribution in [2.24, 2.45) is 11.8 Å². The van der Waals surface area contributed by atoms with Crippen molar-refractivity contribution >= 4 is 0 Å². The predicted octanol–water partition coefficient (Wildman–Crippen LogP) is 5.67. The fraction of sp³-hybridized carbons (Fsp3) is 0.647. The molecule has 0 saturated heterocycles. The minimum atomic E-state index is 0.693. The zero-order valence-corrected chi connectivity index (χ0v) is 12.0. The molecule has 0 heterocycles. The molecule has 0 heteroatoms. The third-order valence-corrected chi connectivity index (χ3v) is 3.94. The van der Waals surface area contributed by atoms with E-state index in [-0.39, 0.29) is 0 Å². The van der Waals surface area contributed by atoms with Gasteiger partial charge in [-0.3, -0.25) is 0 Å². The van der Waals surface area contributed by atoms with E-state index in [1.165, 1.54) is 31.3 Å². The Morgan fingerprint density at radius 1 is 1.47 bits per heavy atom. The second kappa shape index (κ2) is 7.53. The Morgan fingerprint density at radius 2 is 2.24 bits per heavy atom. The molecule has 0 aromatic heterocycles. The van der Waals surface area contributed by atoms with E-state index in [4.69, 9.17) is 0 Å². The highest BCUT2D eigenvalue weighted by molar-refractivity contribution is 5.17. The quantitative estimate of drug-likeness (QED) is 0.409. The Balaban J connectivity index is 2.41. The van der Waals surface area contributed by atoms with Gasteiger partial charge in [0.15, 0.2) is 0 Å². The monoisotopic (exact) mass is 232 g/mol. The summed E-state index contributed by atoms with van der Waals surface area (Å²) in [6, 6.07) is 0. The van der Waals surface area contributed by atoms with Gasteiger partial charge in [-0.25, -0.2) is 0 Å². The van der Waals surface area contributed by atoms with Crippen molar-refractivity contribution in [3.05, 3.63) is 35.5 Å². The molecule has 0 spiro atoms. The summed E-state index contributed by atoms with van der Waals surface area (Å²) in [6.07, 6.45) is 15.6. The third-order valence-electron chi connectivity index (χ3n) is 3.94. The molecule has 96 valence electrons. The number of hydrogen-bond acceptors (Lipinski definition) is 0. The number of hydrogen-bond donors (Lipinski definition) is 0. The van der Waals surface area contributed by atoms with E-state index in [0.29, 0.717) is 5.92 Å². The Bertz CT molecular complexity index is 304. The van der Waals surface area contributed by atoms with Gasteiger partial charge in [0.05, 0.1) is 0 Å². The molecular weight excluding hydrogens is 204 g/mol. The van der Waals surface area contributed by atoms with Crippen molar-refractivity contribution in [1.29, 1.82) is 0 Å². The van der Waals surface area contributed by atoms with Crippen LogP contribution < -0.4 is 0 Å². The molecule has 0 saturated carbocycles. The van der Waals surface area contributed by atoms with Crippen LogP contribution in [-0.4, -0.2) is 0 Å². The Morgan fingerprint density at radius 3 is 2.82 bits per heavy atom. The highest BCUT2D eigenvalue weighted by atomic mass is 14.2. The molecule has 1 aliphatic rings. The molecule has 0 radical (unpaired) electrons. The van der Waals surface area contributed by atoms with E-state index < -0.39 is 0 Å². The summed E-state index contributed by atoms with van der Waals surface area (Å²) in [4.78, 5) is 0. The first kappa shape index (κ1) is 14.3. The van der Waals surface area contributed by atoms with Crippen LogP contribution in [-0.2, 0) is 0 Å². The van der Waals surface area contributed by atoms with Gasteiger partial charge >= 0.3 is 0 Å². The van der Waals surface area contributed by atoms with Crippen molar-refractivity contribution in [2.75, 3.05) is 0 Å². The van der Waals surface area contributed by atoms with Gasteiger partial charge in [0.2, 0.25) is 0 Å². The topological polar surface area (TPSA) is 0 Å². The SMILES string of the molecule is CC/C=C/C=C(\C)C(C)CC1=CC[C@@H](CC)C1. The lowest BCUT2D eigenvalue weighted by atomic mass is 9.92. The first-order chi connectivity index (χ1) is 8.17. The first-order valence-electron chi connectivity index (χ1n) is 7.18. The molecule has 0 N–H and O–H groups in total. The number of rotatable bonds is 6. The van der Waals surface area contributed by atoms with Crippen molar-refractivity contribution in [3.63, 3.8) is 0 Å². The van der Waals surface area contributed by atoms with Gasteiger partial charge in [-0.05, 0) is 44.4 Å². The van der Waals surface area contributed by atoms with Gasteiger partial charge in [-0.2, -0.15) is 0 Å². The lowest BCUT2D eigenvalue weighted by Crippen LogP contribution is -1.99. The zero-order chi connectivity index (χ0) is 12.7. The van der Waals surface area contributed by atoms with Crippen molar-refractivity contribution in [1.82, 2.24) is 0 Å². The lowest BCUT2D eigenvalue weighted by molar-refractivity contribution is 0.529. The van der Waals surface area contributed by atoms with Crippen LogP contribution in [0.5, 0.6) is 0 Å². The van der Waals surface area contributed by atoms with E-state index in [1.807, 2.05) is 0 Å². The molecule has 1 rings (SSSR count). The van der Waals surface area contributed by atoms with Gasteiger partial charge in [0.25, 0.3) is 0 Å². The highest BCUT2D eigenvalue weighted by Crippen LogP contribution is 2.32. The second-order valence-corrected chi connectivity index (χ2v) is 5.43. The van der Waals surface area contributed by atoms with Gasteiger partial charge < -0.3 is 0 Å². The summed E-state index contributed by atoms with van der Waals surface area (Å²) in [5.74, 6) is 1.62. The molecule has 0 aromatic carbocycles. The van der Waals surface area contributed by atoms with Crippen LogP contribution in [0.3, 0.4) is 0 Å². The summed E-state index contributed by atoms with van der Waals surface area (Å²) < 4.78 is 0. The van der Waals surface area contributed by atoms with Crippen LogP contribution in [0.1, 0.15) is 59.8 Å². The first-order valence-corrected chi connectivity index (χ1v) is 7.18. The summed E-state index contributed by atoms with van der Waals surface area (Å²) in [5, 5.41) is 0. The zero-order valence-electron chi connectivity index (χ0n) is 12.0. The standard InChI is InChI=1S/C17H28/c1-5-7-8-9-14(3)15(4)12-17-11-10-16(6-2)13-17/h7-9,11,15-16H,5-6,10,12-13H2,1-4H3/b8-7+,14-9+/t15?,16-/m1/s1. The molecule has 0 bridgehead atoms. The summed E-state index contributed by atoms with van der Waals surface area (Å²) in [6.45, 7) is 9.10. The van der Waals surface area contributed by atoms with Crippen molar-refractivity contribution in [2.45, 2.75) is 59.8 Å². The average Bonchev–Trinajstić information content (AvgIpc) is 2.77. The molecule has 0 aromatic rings. The van der Waals surface area contributed by atoms with E-state index in [0.717, 1.165) is 12.3 Å². The Labute approximate surface area is 108 Å². The van der Waals surface area contributed by atoms with Crippen molar-refractivity contribution < 1.29 is 0 Å². The maximum atomic E-state index is 2.49. The maximum Gasteiger partial charge on any atom is -0.0194 e. The molecule has 0 amide bonds. The summed E-state index contributed by atoms with van der Waals surface area (Å²) >= 11 is 0. The third kappa shape index (κ3) is 4.93. The van der Waals surface area contributed by atoms with Gasteiger partial charge in [0.1, 0.15) is 0 Å². The van der Waals surface area contributed by atoms with Crippen LogP contribution in [0, 0.1) is 11.8 Å². The molecule has 0 nitrogen and oxygen atoms in total. The minimum absolute atomic E-state index is 0.693. The smallest absolute Gasteiger partial charge is 0.0194 e. The molecule has 0 aliphatic heterocycles. The van der Waals surface area contributed by atoms with Crippen LogP contribution in [0.25, 0.3) is 0 Å². The van der Waals surface area contributed by atoms with E-state index >= 15 is 0 Å². The van der Waals surface area contributed by atoms with E-state index in [1.54, 1.807) is 5.57 Å². The molecule has 1 aliphatic carbocycles. The Kier molecular flexibility index (Phi) is 6.32. The van der Waals surface area contributed by atoms with Crippen LogP contribution >= 0.6 is 0 Å². The summed E-state index contributed by atoms with van der Waals surface area (Å²) in [7, 11) is 0. The molecule has 2 atom stereocenters. The van der Waals surface area contributed by atoms with Crippen LogP contribution in [0.15, 0.2) is 35.5 Å². The lowest BCUT2D eigenvalue weighted by Gasteiger charge is -2.13. The molecule has 17 heavy (non-hydrogen) atoms. The normalized spacial score (nSPS) is 23.2. The number of allylic oxidation sites excluding steroid dienone is 6. The van der Waals surface area contributed by atoms with Gasteiger partial charge in [0, 0.05) is 0 Å². The van der Waals surface area contributed by atoms with Gasteiger partial charge in [-0.1, -0.05) is 62.6 Å². The Hall–Kier alpha value is -0.780. The second-order valence-electron chi connectivity index (χ2n) is 5.43. The summed E-state index contributed by atoms with van der Waals surface area (Å²) in [5.41, 5.74) is 3.20. The fourth-order valence-corrected chi connectivity index (χ4v) is 2.42. The largest absolute Gasteiger partial charge is 0.0850 e. The predicted molar refractivity (Wildman–Crippen MR) is 78.1 cm³/mol. The fourth-order valence-electron chi connectivity index (χ4n) is 2.42. The average molecular weight is 232 g/mol. The van der Waals surface area contributed by atoms with Gasteiger partial charge in [-0.15, -0.1) is 0 Å². The maximum absolute atomic E-state index is 2.49. The van der Waals surface area contributed by atoms with Crippen LogP contribution in [0.4, 0.5) is 0 Å². The minimum Gasteiger partial charge on any atom is -0.0850 e. The van der Waals surface area contributed by atoms with Crippen molar-refractivity contribution in [3.8, 4) is 0 Å². The molecule has 0 fully saturated rings. The van der Waals surface area contributed by atoms with E-state index in [9.17, 15) is 0 Å². The highest BCUT2D eigenvalue weighted by Gasteiger charge is 2.17. The molecule has 1 unspecified atom stereocenters. The van der Waals surface area contributed by atoms with Crippen LogP contribution in [0.2, 0.25) is 0 Å². The van der Waals surface area contributed by atoms with E-state index in [2.05, 4.69) is 52.0 Å². The molecular formula is C17H28.